The standard InChI is InChI=1S/C16H22N2OS/c1-12-2-5-15(20-12)18-11-16(8-14(18)19)6-7-17(10-16)9-13-3-4-13/h2,5,13H,3-4,6-11H2,1H3. The predicted octanol–water partition coefficient (Wildman–Crippen LogP) is 2.90. The number of thiophene rings is 1. The van der Waals surface area contributed by atoms with Crippen LogP contribution >= 0.6 is 11.3 Å². The highest BCUT2D eigenvalue weighted by Crippen LogP contribution is 2.44. The molecule has 1 aromatic rings. The topological polar surface area (TPSA) is 23.6 Å². The molecular weight excluding hydrogens is 268 g/mol. The minimum atomic E-state index is 0.240. The monoisotopic (exact) mass is 290 g/mol. The molecule has 3 nitrogen and oxygen atoms in total. The molecule has 0 N–H and O–H groups in total. The van der Waals surface area contributed by atoms with E-state index < -0.39 is 0 Å². The zero-order valence-electron chi connectivity index (χ0n) is 12.1. The molecule has 0 aromatic carbocycles. The fourth-order valence-corrected chi connectivity index (χ4v) is 4.66. The van der Waals surface area contributed by atoms with Crippen molar-refractivity contribution in [2.45, 2.75) is 32.6 Å². The average Bonchev–Trinajstić information content (AvgIpc) is 2.83. The van der Waals surface area contributed by atoms with E-state index in [0.717, 1.165) is 30.4 Å². The summed E-state index contributed by atoms with van der Waals surface area (Å²) in [5.41, 5.74) is 0.240. The number of carbonyl (C=O) groups is 1. The van der Waals surface area contributed by atoms with Gasteiger partial charge in [0.25, 0.3) is 0 Å². The summed E-state index contributed by atoms with van der Waals surface area (Å²) < 4.78 is 0. The maximum atomic E-state index is 12.4. The van der Waals surface area contributed by atoms with E-state index in [1.54, 1.807) is 11.3 Å². The third kappa shape index (κ3) is 2.29. The first-order valence-electron chi connectivity index (χ1n) is 7.73. The van der Waals surface area contributed by atoms with Gasteiger partial charge in [0.2, 0.25) is 5.91 Å². The maximum absolute atomic E-state index is 12.4. The molecule has 1 atom stereocenters. The normalized spacial score (nSPS) is 30.9. The van der Waals surface area contributed by atoms with Crippen LogP contribution in [0.4, 0.5) is 5.00 Å². The van der Waals surface area contributed by atoms with Gasteiger partial charge in [-0.1, -0.05) is 0 Å². The Morgan fingerprint density at radius 1 is 1.35 bits per heavy atom. The van der Waals surface area contributed by atoms with Gasteiger partial charge in [-0.3, -0.25) is 4.79 Å². The zero-order valence-corrected chi connectivity index (χ0v) is 12.9. The molecule has 20 heavy (non-hydrogen) atoms. The number of hydrogen-bond donors (Lipinski definition) is 0. The van der Waals surface area contributed by atoms with Crippen LogP contribution < -0.4 is 4.90 Å². The first-order valence-corrected chi connectivity index (χ1v) is 8.54. The van der Waals surface area contributed by atoms with Crippen LogP contribution in [0.25, 0.3) is 0 Å². The van der Waals surface area contributed by atoms with Crippen molar-refractivity contribution in [3.8, 4) is 0 Å². The van der Waals surface area contributed by atoms with Gasteiger partial charge in [-0.25, -0.2) is 0 Å². The molecule has 1 unspecified atom stereocenters. The number of hydrogen-bond acceptors (Lipinski definition) is 3. The van der Waals surface area contributed by atoms with Crippen molar-refractivity contribution in [3.05, 3.63) is 17.0 Å². The SMILES string of the molecule is Cc1ccc(N2CC3(CCN(CC4CC4)C3)CC2=O)s1. The predicted molar refractivity (Wildman–Crippen MR) is 82.2 cm³/mol. The van der Waals surface area contributed by atoms with E-state index in [2.05, 4.69) is 24.0 Å². The summed E-state index contributed by atoms with van der Waals surface area (Å²) in [4.78, 5) is 18.3. The number of nitrogens with zero attached hydrogens (tertiary/aromatic N) is 2. The number of amides is 1. The van der Waals surface area contributed by atoms with Gasteiger partial charge in [0.1, 0.15) is 0 Å². The quantitative estimate of drug-likeness (QED) is 0.854. The van der Waals surface area contributed by atoms with Gasteiger partial charge in [0.15, 0.2) is 0 Å². The van der Waals surface area contributed by atoms with Crippen molar-refractivity contribution in [2.24, 2.45) is 11.3 Å². The van der Waals surface area contributed by atoms with Crippen LogP contribution in [-0.4, -0.2) is 37.0 Å². The number of carbonyl (C=O) groups excluding carboxylic acids is 1. The second-order valence-electron chi connectivity index (χ2n) is 6.97. The van der Waals surface area contributed by atoms with Crippen LogP contribution in [0, 0.1) is 18.3 Å². The van der Waals surface area contributed by atoms with E-state index in [1.165, 1.54) is 37.2 Å². The van der Waals surface area contributed by atoms with Gasteiger partial charge < -0.3 is 9.80 Å². The molecule has 1 saturated carbocycles. The number of rotatable bonds is 3. The maximum Gasteiger partial charge on any atom is 0.228 e. The fourth-order valence-electron chi connectivity index (χ4n) is 3.79. The number of aryl methyl sites for hydroxylation is 1. The summed E-state index contributed by atoms with van der Waals surface area (Å²) in [7, 11) is 0. The number of likely N-dealkylation sites (tertiary alicyclic amines) is 1. The molecular formula is C16H22N2OS. The molecule has 4 rings (SSSR count). The molecule has 1 amide bonds. The lowest BCUT2D eigenvalue weighted by molar-refractivity contribution is -0.117. The Hall–Kier alpha value is -0.870. The Labute approximate surface area is 124 Å². The molecule has 1 aromatic heterocycles. The van der Waals surface area contributed by atoms with Crippen molar-refractivity contribution in [1.29, 1.82) is 0 Å². The van der Waals surface area contributed by atoms with Gasteiger partial charge in [-0.05, 0) is 50.8 Å². The Morgan fingerprint density at radius 2 is 2.20 bits per heavy atom. The van der Waals surface area contributed by atoms with Gasteiger partial charge in [-0.15, -0.1) is 11.3 Å². The Bertz CT molecular complexity index is 536. The number of anilines is 1. The second kappa shape index (κ2) is 4.57. The molecule has 0 radical (unpaired) electrons. The summed E-state index contributed by atoms with van der Waals surface area (Å²) in [6.45, 7) is 6.65. The first-order chi connectivity index (χ1) is 9.63. The Balaban J connectivity index is 1.47. The molecule has 0 bridgehead atoms. The second-order valence-corrected chi connectivity index (χ2v) is 8.24. The molecule has 2 saturated heterocycles. The van der Waals surface area contributed by atoms with Crippen LogP contribution in [0.15, 0.2) is 12.1 Å². The van der Waals surface area contributed by atoms with Crippen LogP contribution in [-0.2, 0) is 4.79 Å². The van der Waals surface area contributed by atoms with Crippen molar-refractivity contribution < 1.29 is 4.79 Å². The van der Waals surface area contributed by atoms with E-state index in [0.29, 0.717) is 5.91 Å². The first kappa shape index (κ1) is 12.8. The van der Waals surface area contributed by atoms with Crippen molar-refractivity contribution in [2.75, 3.05) is 31.1 Å². The van der Waals surface area contributed by atoms with E-state index in [9.17, 15) is 4.79 Å². The van der Waals surface area contributed by atoms with Crippen molar-refractivity contribution >= 4 is 22.2 Å². The Morgan fingerprint density at radius 3 is 2.90 bits per heavy atom. The minimum absolute atomic E-state index is 0.240. The van der Waals surface area contributed by atoms with E-state index in [1.807, 2.05) is 4.90 Å². The highest BCUT2D eigenvalue weighted by molar-refractivity contribution is 7.16. The third-order valence-electron chi connectivity index (χ3n) is 5.04. The van der Waals surface area contributed by atoms with Crippen molar-refractivity contribution in [1.82, 2.24) is 4.90 Å². The summed E-state index contributed by atoms with van der Waals surface area (Å²) >= 11 is 1.74. The van der Waals surface area contributed by atoms with Gasteiger partial charge >= 0.3 is 0 Å². The van der Waals surface area contributed by atoms with Crippen LogP contribution in [0.1, 0.15) is 30.6 Å². The lowest BCUT2D eigenvalue weighted by Gasteiger charge is -2.23. The van der Waals surface area contributed by atoms with E-state index in [4.69, 9.17) is 0 Å². The molecule has 1 spiro atoms. The van der Waals surface area contributed by atoms with E-state index >= 15 is 0 Å². The van der Waals surface area contributed by atoms with Gasteiger partial charge in [0, 0.05) is 36.3 Å². The molecule has 3 heterocycles. The highest BCUT2D eigenvalue weighted by Gasteiger charge is 2.48. The summed E-state index contributed by atoms with van der Waals surface area (Å²) in [6, 6.07) is 4.22. The summed E-state index contributed by atoms with van der Waals surface area (Å²) in [5, 5.41) is 1.14. The highest BCUT2D eigenvalue weighted by atomic mass is 32.1. The van der Waals surface area contributed by atoms with Crippen LogP contribution in [0.2, 0.25) is 0 Å². The lowest BCUT2D eigenvalue weighted by atomic mass is 9.86. The average molecular weight is 290 g/mol. The third-order valence-corrected chi connectivity index (χ3v) is 6.07. The molecule has 3 aliphatic rings. The van der Waals surface area contributed by atoms with Gasteiger partial charge in [-0.2, -0.15) is 0 Å². The van der Waals surface area contributed by atoms with Crippen molar-refractivity contribution in [3.63, 3.8) is 0 Å². The Kier molecular flexibility index (Phi) is 2.93. The summed E-state index contributed by atoms with van der Waals surface area (Å²) in [6.07, 6.45) is 4.80. The smallest absolute Gasteiger partial charge is 0.228 e. The zero-order chi connectivity index (χ0) is 13.7. The van der Waals surface area contributed by atoms with Gasteiger partial charge in [0.05, 0.1) is 5.00 Å². The fraction of sp³-hybridized carbons (Fsp3) is 0.688. The van der Waals surface area contributed by atoms with Crippen LogP contribution in [0.5, 0.6) is 0 Å². The molecule has 108 valence electrons. The van der Waals surface area contributed by atoms with Crippen LogP contribution in [0.3, 0.4) is 0 Å². The molecule has 4 heteroatoms. The lowest BCUT2D eigenvalue weighted by Crippen LogP contribution is -2.31. The largest absolute Gasteiger partial charge is 0.303 e. The molecule has 2 aliphatic heterocycles. The minimum Gasteiger partial charge on any atom is -0.303 e. The summed E-state index contributed by atoms with van der Waals surface area (Å²) in [5.74, 6) is 1.29. The van der Waals surface area contributed by atoms with E-state index in [-0.39, 0.29) is 5.41 Å². The molecule has 3 fully saturated rings. The molecule has 1 aliphatic carbocycles.